The SMILES string of the molecule is CN(Cc1ccc(Br)o1)C(=O)C1CCC2CCCCC2N1. The van der Waals surface area contributed by atoms with E-state index in [1.165, 1.54) is 32.1 Å². The average molecular weight is 355 g/mol. The maximum Gasteiger partial charge on any atom is 0.239 e. The second kappa shape index (κ2) is 6.53. The number of hydrogen-bond donors (Lipinski definition) is 1. The van der Waals surface area contributed by atoms with Crippen molar-refractivity contribution in [2.75, 3.05) is 7.05 Å². The Balaban J connectivity index is 1.57. The summed E-state index contributed by atoms with van der Waals surface area (Å²) < 4.78 is 6.19. The van der Waals surface area contributed by atoms with Gasteiger partial charge in [-0.25, -0.2) is 0 Å². The minimum absolute atomic E-state index is 0.0206. The molecule has 1 saturated carbocycles. The summed E-state index contributed by atoms with van der Waals surface area (Å²) in [5.41, 5.74) is 0. The van der Waals surface area contributed by atoms with E-state index < -0.39 is 0 Å². The number of nitrogens with one attached hydrogen (secondary N) is 1. The highest BCUT2D eigenvalue weighted by Gasteiger charge is 2.35. The van der Waals surface area contributed by atoms with Crippen LogP contribution in [0.5, 0.6) is 0 Å². The molecule has 1 aromatic rings. The van der Waals surface area contributed by atoms with Crippen molar-refractivity contribution >= 4 is 21.8 Å². The van der Waals surface area contributed by atoms with Gasteiger partial charge in [-0.2, -0.15) is 0 Å². The average Bonchev–Trinajstić information content (AvgIpc) is 2.91. The molecule has 2 aliphatic rings. The Morgan fingerprint density at radius 2 is 2.14 bits per heavy atom. The molecule has 1 amide bonds. The second-order valence-corrected chi connectivity index (χ2v) is 7.13. The molecule has 21 heavy (non-hydrogen) atoms. The van der Waals surface area contributed by atoms with E-state index in [2.05, 4.69) is 21.2 Å². The van der Waals surface area contributed by atoms with E-state index in [9.17, 15) is 4.79 Å². The van der Waals surface area contributed by atoms with Gasteiger partial charge in [-0.1, -0.05) is 12.8 Å². The number of halogens is 1. The quantitative estimate of drug-likeness (QED) is 0.905. The van der Waals surface area contributed by atoms with E-state index in [4.69, 9.17) is 4.42 Å². The number of carbonyl (C=O) groups excluding carboxylic acids is 1. The van der Waals surface area contributed by atoms with Crippen molar-refractivity contribution in [2.24, 2.45) is 5.92 Å². The molecule has 1 N–H and O–H groups in total. The molecule has 2 fully saturated rings. The van der Waals surface area contributed by atoms with Crippen molar-refractivity contribution in [3.8, 4) is 0 Å². The van der Waals surface area contributed by atoms with Crippen LogP contribution < -0.4 is 5.32 Å². The highest BCUT2D eigenvalue weighted by atomic mass is 79.9. The molecule has 3 atom stereocenters. The molecule has 1 aromatic heterocycles. The number of rotatable bonds is 3. The molecule has 0 spiro atoms. The van der Waals surface area contributed by atoms with E-state index in [0.29, 0.717) is 17.3 Å². The van der Waals surface area contributed by atoms with E-state index >= 15 is 0 Å². The Bertz CT molecular complexity index is 502. The molecule has 3 rings (SSSR count). The van der Waals surface area contributed by atoms with Gasteiger partial charge in [0.25, 0.3) is 0 Å². The first-order chi connectivity index (χ1) is 10.1. The Morgan fingerprint density at radius 3 is 2.90 bits per heavy atom. The Hall–Kier alpha value is -0.810. The molecule has 4 nitrogen and oxygen atoms in total. The third kappa shape index (κ3) is 3.51. The predicted octanol–water partition coefficient (Wildman–Crippen LogP) is 3.31. The summed E-state index contributed by atoms with van der Waals surface area (Å²) in [5, 5.41) is 3.60. The van der Waals surface area contributed by atoms with Crippen molar-refractivity contribution in [2.45, 2.75) is 57.2 Å². The first kappa shape index (κ1) is 15.1. The number of hydrogen-bond acceptors (Lipinski definition) is 3. The second-order valence-electron chi connectivity index (χ2n) is 6.35. The maximum absolute atomic E-state index is 12.6. The van der Waals surface area contributed by atoms with Crippen LogP contribution in [0.2, 0.25) is 0 Å². The zero-order valence-corrected chi connectivity index (χ0v) is 14.1. The van der Waals surface area contributed by atoms with E-state index in [1.54, 1.807) is 4.90 Å². The van der Waals surface area contributed by atoms with Crippen LogP contribution in [0.15, 0.2) is 21.2 Å². The van der Waals surface area contributed by atoms with E-state index in [-0.39, 0.29) is 11.9 Å². The third-order valence-corrected chi connectivity index (χ3v) is 5.27. The fourth-order valence-corrected chi connectivity index (χ4v) is 4.04. The summed E-state index contributed by atoms with van der Waals surface area (Å²) in [6.07, 6.45) is 7.36. The zero-order valence-electron chi connectivity index (χ0n) is 12.5. The number of likely N-dealkylation sites (N-methyl/N-ethyl adjacent to an activating group) is 1. The van der Waals surface area contributed by atoms with Crippen LogP contribution in [0.4, 0.5) is 0 Å². The summed E-state index contributed by atoms with van der Waals surface area (Å²) >= 11 is 3.29. The number of piperidine rings is 1. The van der Waals surface area contributed by atoms with Gasteiger partial charge < -0.3 is 14.6 Å². The molecule has 2 heterocycles. The molecule has 0 bridgehead atoms. The number of amides is 1. The maximum atomic E-state index is 12.6. The highest BCUT2D eigenvalue weighted by molar-refractivity contribution is 9.10. The van der Waals surface area contributed by atoms with Crippen LogP contribution in [0.3, 0.4) is 0 Å². The normalized spacial score (nSPS) is 29.0. The van der Waals surface area contributed by atoms with Crippen molar-refractivity contribution in [1.82, 2.24) is 10.2 Å². The van der Waals surface area contributed by atoms with E-state index in [0.717, 1.165) is 18.1 Å². The smallest absolute Gasteiger partial charge is 0.239 e. The van der Waals surface area contributed by atoms with Crippen molar-refractivity contribution < 1.29 is 9.21 Å². The molecule has 1 aliphatic heterocycles. The summed E-state index contributed by atoms with van der Waals surface area (Å²) in [7, 11) is 1.85. The summed E-state index contributed by atoms with van der Waals surface area (Å²) in [5.74, 6) is 1.78. The Kier molecular flexibility index (Phi) is 4.69. The van der Waals surface area contributed by atoms with Gasteiger partial charge in [0.1, 0.15) is 5.76 Å². The minimum atomic E-state index is -0.0206. The summed E-state index contributed by atoms with van der Waals surface area (Å²) in [4.78, 5) is 14.4. The zero-order chi connectivity index (χ0) is 14.8. The predicted molar refractivity (Wildman–Crippen MR) is 84.8 cm³/mol. The van der Waals surface area contributed by atoms with Crippen LogP contribution in [-0.2, 0) is 11.3 Å². The molecular weight excluding hydrogens is 332 g/mol. The largest absolute Gasteiger partial charge is 0.452 e. The lowest BCUT2D eigenvalue weighted by molar-refractivity contribution is -0.134. The summed E-state index contributed by atoms with van der Waals surface area (Å²) in [6, 6.07) is 4.29. The number of furan rings is 1. The molecule has 1 aliphatic carbocycles. The van der Waals surface area contributed by atoms with Crippen LogP contribution in [0.25, 0.3) is 0 Å². The molecule has 0 aromatic carbocycles. The molecule has 3 unspecified atom stereocenters. The van der Waals surface area contributed by atoms with Gasteiger partial charge in [0.2, 0.25) is 5.91 Å². The molecule has 1 saturated heterocycles. The third-order valence-electron chi connectivity index (χ3n) is 4.85. The van der Waals surface area contributed by atoms with Gasteiger partial charge >= 0.3 is 0 Å². The van der Waals surface area contributed by atoms with Crippen molar-refractivity contribution in [3.05, 3.63) is 22.6 Å². The van der Waals surface area contributed by atoms with Gasteiger partial charge in [0.15, 0.2) is 4.67 Å². The van der Waals surface area contributed by atoms with E-state index in [1.807, 2.05) is 19.2 Å². The van der Waals surface area contributed by atoms with Gasteiger partial charge in [-0.05, 0) is 59.7 Å². The van der Waals surface area contributed by atoms with Crippen LogP contribution >= 0.6 is 15.9 Å². The summed E-state index contributed by atoms with van der Waals surface area (Å²) in [6.45, 7) is 0.525. The van der Waals surface area contributed by atoms with Gasteiger partial charge in [0, 0.05) is 13.1 Å². The van der Waals surface area contributed by atoms with Crippen molar-refractivity contribution in [1.29, 1.82) is 0 Å². The minimum Gasteiger partial charge on any atom is -0.452 e. The van der Waals surface area contributed by atoms with Gasteiger partial charge in [-0.15, -0.1) is 0 Å². The Morgan fingerprint density at radius 1 is 1.33 bits per heavy atom. The Labute approximate surface area is 134 Å². The van der Waals surface area contributed by atoms with Crippen LogP contribution in [-0.4, -0.2) is 29.9 Å². The van der Waals surface area contributed by atoms with Gasteiger partial charge in [0.05, 0.1) is 12.6 Å². The highest BCUT2D eigenvalue weighted by Crippen LogP contribution is 2.32. The van der Waals surface area contributed by atoms with Gasteiger partial charge in [-0.3, -0.25) is 4.79 Å². The molecular formula is C16H23BrN2O2. The lowest BCUT2D eigenvalue weighted by Gasteiger charge is -2.40. The fraction of sp³-hybridized carbons (Fsp3) is 0.688. The molecule has 5 heteroatoms. The molecule has 116 valence electrons. The number of fused-ring (bicyclic) bond motifs is 1. The fourth-order valence-electron chi connectivity index (χ4n) is 3.70. The first-order valence-corrected chi connectivity index (χ1v) is 8.68. The number of carbonyl (C=O) groups is 1. The van der Waals surface area contributed by atoms with Crippen LogP contribution in [0.1, 0.15) is 44.3 Å². The topological polar surface area (TPSA) is 45.5 Å². The molecule has 0 radical (unpaired) electrons. The lowest BCUT2D eigenvalue weighted by atomic mass is 9.77. The standard InChI is InChI=1S/C16H23BrN2O2/c1-19(10-12-7-9-15(17)21-12)16(20)14-8-6-11-4-2-3-5-13(11)18-14/h7,9,11,13-14,18H,2-6,8,10H2,1H3. The van der Waals surface area contributed by atoms with Crippen molar-refractivity contribution in [3.63, 3.8) is 0 Å². The monoisotopic (exact) mass is 354 g/mol. The van der Waals surface area contributed by atoms with Crippen LogP contribution in [0, 0.1) is 5.92 Å². The number of nitrogens with zero attached hydrogens (tertiary/aromatic N) is 1. The lowest BCUT2D eigenvalue weighted by Crippen LogP contribution is -2.55. The first-order valence-electron chi connectivity index (χ1n) is 7.88.